The summed E-state index contributed by atoms with van der Waals surface area (Å²) in [5.41, 5.74) is 2.45. The maximum Gasteiger partial charge on any atom is 0.416 e. The fourth-order valence-corrected chi connectivity index (χ4v) is 9.16. The summed E-state index contributed by atoms with van der Waals surface area (Å²) in [6, 6.07) is 14.3. The Bertz CT molecular complexity index is 2410. The van der Waals surface area contributed by atoms with Gasteiger partial charge in [-0.15, -0.1) is 0 Å². The number of hydrogen-bond donors (Lipinski definition) is 4. The fraction of sp³-hybridized carbons (Fsp3) is 0.478. The molecule has 3 aliphatic heterocycles. The highest BCUT2D eigenvalue weighted by molar-refractivity contribution is 6.25. The molecule has 19 heteroatoms. The number of halogens is 3. The third-order valence-electron chi connectivity index (χ3n) is 12.7. The van der Waals surface area contributed by atoms with Gasteiger partial charge >= 0.3 is 6.18 Å². The number of aliphatic hydroxyl groups excluding tert-OH is 1. The lowest BCUT2D eigenvalue weighted by Gasteiger charge is -2.34. The van der Waals surface area contributed by atoms with Crippen molar-refractivity contribution < 1.29 is 51.7 Å². The number of carbonyl (C=O) groups excluding carboxylic acids is 5. The number of carbonyl (C=O) groups is 5. The Morgan fingerprint density at radius 2 is 1.58 bits per heavy atom. The zero-order chi connectivity index (χ0) is 45.7. The Morgan fingerprint density at radius 1 is 0.846 bits per heavy atom. The molecule has 3 fully saturated rings. The van der Waals surface area contributed by atoms with Gasteiger partial charge in [0.2, 0.25) is 17.8 Å². The van der Waals surface area contributed by atoms with Crippen molar-refractivity contribution in [3.63, 3.8) is 0 Å². The molecule has 4 aliphatic rings. The number of aliphatic hydroxyl groups is 1. The van der Waals surface area contributed by atoms with E-state index in [9.17, 15) is 42.3 Å². The van der Waals surface area contributed by atoms with Crippen LogP contribution in [0.5, 0.6) is 0 Å². The summed E-state index contributed by atoms with van der Waals surface area (Å²) in [4.78, 5) is 74.2. The predicted octanol–water partition coefficient (Wildman–Crippen LogP) is 4.70. The number of alkyl halides is 3. The fourth-order valence-electron chi connectivity index (χ4n) is 9.16. The lowest BCUT2D eigenvalue weighted by atomic mass is 9.86. The summed E-state index contributed by atoms with van der Waals surface area (Å²) in [6.45, 7) is 7.08. The summed E-state index contributed by atoms with van der Waals surface area (Å²) < 4.78 is 53.8. The molecule has 4 heterocycles. The van der Waals surface area contributed by atoms with Gasteiger partial charge in [0.1, 0.15) is 6.04 Å². The first-order valence-electron chi connectivity index (χ1n) is 22.2. The van der Waals surface area contributed by atoms with E-state index < -0.39 is 47.3 Å². The highest BCUT2D eigenvalue weighted by atomic mass is 19.4. The number of rotatable bonds is 17. The van der Waals surface area contributed by atoms with Crippen molar-refractivity contribution in [1.82, 2.24) is 29.6 Å². The number of hydrogen-bond acceptors (Lipinski definition) is 12. The van der Waals surface area contributed by atoms with Gasteiger partial charge in [0.25, 0.3) is 17.7 Å². The van der Waals surface area contributed by atoms with Crippen molar-refractivity contribution in [2.24, 2.45) is 5.92 Å². The van der Waals surface area contributed by atoms with Crippen molar-refractivity contribution in [2.45, 2.75) is 63.3 Å². The van der Waals surface area contributed by atoms with Crippen molar-refractivity contribution in [3.8, 4) is 0 Å². The summed E-state index contributed by atoms with van der Waals surface area (Å²) >= 11 is 0. The lowest BCUT2D eigenvalue weighted by molar-refractivity contribution is -0.138. The van der Waals surface area contributed by atoms with Crippen LogP contribution in [-0.4, -0.2) is 137 Å². The van der Waals surface area contributed by atoms with Gasteiger partial charge in [-0.05, 0) is 86.1 Å². The van der Waals surface area contributed by atoms with E-state index >= 15 is 0 Å². The molecule has 2 saturated heterocycles. The Kier molecular flexibility index (Phi) is 14.2. The van der Waals surface area contributed by atoms with Crippen LogP contribution in [0.1, 0.15) is 86.8 Å². The van der Waals surface area contributed by atoms with Crippen LogP contribution in [0.15, 0.2) is 60.7 Å². The molecule has 1 aromatic heterocycles. The number of benzene rings is 3. The predicted molar refractivity (Wildman–Crippen MR) is 232 cm³/mol. The van der Waals surface area contributed by atoms with Crippen molar-refractivity contribution in [1.29, 1.82) is 0 Å². The quantitative estimate of drug-likeness (QED) is 0.0848. The number of nitrogens with one attached hydrogen (secondary N) is 3. The van der Waals surface area contributed by atoms with Crippen LogP contribution >= 0.6 is 0 Å². The first-order valence-corrected chi connectivity index (χ1v) is 22.2. The Hall–Kier alpha value is -5.73. The molecule has 65 heavy (non-hydrogen) atoms. The number of fused-ring (bicyclic) bond motifs is 2. The number of piperidine rings is 1. The van der Waals surface area contributed by atoms with Crippen LogP contribution in [0.25, 0.3) is 11.0 Å². The SMILES string of the molecule is O=C1CCC(N2C(=O)c3cccc(NCCOCCOCCN4CCN(Cc5ccc6c(c5)nc(NC(=O)c5cccc(C(F)(F)F)c5)n6C5CCC(CO)CC5)CC4)c3C2=O)C(=O)N1. The van der Waals surface area contributed by atoms with Crippen molar-refractivity contribution in [2.75, 3.05) is 82.9 Å². The normalized spacial score (nSPS) is 20.9. The number of nitrogens with zero attached hydrogens (tertiary/aromatic N) is 5. The third-order valence-corrected chi connectivity index (χ3v) is 12.7. The molecule has 4 aromatic rings. The van der Waals surface area contributed by atoms with Crippen molar-refractivity contribution >= 4 is 52.2 Å². The molecule has 3 aromatic carbocycles. The van der Waals surface area contributed by atoms with E-state index in [0.29, 0.717) is 56.7 Å². The second-order valence-electron chi connectivity index (χ2n) is 17.0. The maximum absolute atomic E-state index is 13.4. The minimum absolute atomic E-state index is 0.00631. The van der Waals surface area contributed by atoms with Crippen molar-refractivity contribution in [3.05, 3.63) is 88.5 Å². The zero-order valence-electron chi connectivity index (χ0n) is 35.9. The molecule has 16 nitrogen and oxygen atoms in total. The van der Waals surface area contributed by atoms with Crippen LogP contribution in [0.3, 0.4) is 0 Å². The van der Waals surface area contributed by atoms with Crippen LogP contribution in [0.4, 0.5) is 24.8 Å². The smallest absolute Gasteiger partial charge is 0.396 e. The van der Waals surface area contributed by atoms with E-state index in [1.807, 2.05) is 16.7 Å². The van der Waals surface area contributed by atoms with E-state index in [1.165, 1.54) is 12.1 Å². The topological polar surface area (TPSA) is 188 Å². The van der Waals surface area contributed by atoms with E-state index in [0.717, 1.165) is 86.5 Å². The van der Waals surface area contributed by atoms with E-state index in [1.54, 1.807) is 18.2 Å². The zero-order valence-corrected chi connectivity index (χ0v) is 35.9. The van der Waals surface area contributed by atoms with Gasteiger partial charge in [-0.3, -0.25) is 49.3 Å². The second-order valence-corrected chi connectivity index (χ2v) is 17.0. The molecule has 0 bridgehead atoms. The number of amides is 5. The molecule has 1 saturated carbocycles. The van der Waals surface area contributed by atoms with E-state index in [2.05, 4.69) is 31.8 Å². The Balaban J connectivity index is 0.763. The highest BCUT2D eigenvalue weighted by Crippen LogP contribution is 2.38. The molecule has 1 unspecified atom stereocenters. The number of aromatic nitrogens is 2. The van der Waals surface area contributed by atoms with Gasteiger partial charge in [-0.1, -0.05) is 18.2 Å². The molecule has 0 radical (unpaired) electrons. The number of anilines is 2. The van der Waals surface area contributed by atoms with Crippen LogP contribution in [0.2, 0.25) is 0 Å². The molecule has 0 spiro atoms. The standard InChI is InChI=1S/C46H53F3N8O8/c47-46(48,49)32-4-1-3-31(26-32)41(60)53-45-51-36-25-30(9-12-37(36)56(45)33-10-7-29(28-58)8-11-33)27-55-18-16-54(17-19-55)20-22-65-24-23-64-21-15-50-35-6-2-5-34-40(35)44(63)57(43(34)62)38-13-14-39(59)52-42(38)61/h1-6,9,12,25-26,29,33,38,50,58H,7-8,10-11,13-24,27-28H2,(H,51,53,60)(H,52,59,61). The molecular weight excluding hydrogens is 850 g/mol. The molecule has 346 valence electrons. The minimum atomic E-state index is -4.58. The Labute approximate surface area is 373 Å². The van der Waals surface area contributed by atoms with Gasteiger partial charge in [0.05, 0.1) is 54.2 Å². The van der Waals surface area contributed by atoms with E-state index in [4.69, 9.17) is 14.5 Å². The number of piperazine rings is 1. The number of ether oxygens (including phenoxy) is 2. The number of imide groups is 2. The molecule has 1 atom stereocenters. The summed E-state index contributed by atoms with van der Waals surface area (Å²) in [6.07, 6.45) is -1.26. The highest BCUT2D eigenvalue weighted by Gasteiger charge is 2.45. The molecule has 8 rings (SSSR count). The number of imidazole rings is 1. The first kappa shape index (κ1) is 45.8. The van der Waals surface area contributed by atoms with Crippen LogP contribution in [-0.2, 0) is 31.8 Å². The second kappa shape index (κ2) is 20.2. The van der Waals surface area contributed by atoms with Crippen LogP contribution < -0.4 is 16.0 Å². The van der Waals surface area contributed by atoms with Gasteiger partial charge in [-0.25, -0.2) is 4.98 Å². The van der Waals surface area contributed by atoms with E-state index in [-0.39, 0.29) is 48.1 Å². The Morgan fingerprint density at radius 3 is 2.32 bits per heavy atom. The molecule has 1 aliphatic carbocycles. The monoisotopic (exact) mass is 902 g/mol. The first-order chi connectivity index (χ1) is 31.4. The van der Waals surface area contributed by atoms with Gasteiger partial charge in [0.15, 0.2) is 0 Å². The van der Waals surface area contributed by atoms with Gasteiger partial charge in [0, 0.05) is 76.1 Å². The third kappa shape index (κ3) is 10.5. The summed E-state index contributed by atoms with van der Waals surface area (Å²) in [5, 5.41) is 17.9. The molecule has 5 amide bonds. The average molecular weight is 903 g/mol. The largest absolute Gasteiger partial charge is 0.416 e. The lowest BCUT2D eigenvalue weighted by Crippen LogP contribution is -2.54. The maximum atomic E-state index is 13.4. The molecule has 4 N–H and O–H groups in total. The summed E-state index contributed by atoms with van der Waals surface area (Å²) in [5.74, 6) is -2.38. The van der Waals surface area contributed by atoms with Gasteiger partial charge < -0.3 is 24.5 Å². The van der Waals surface area contributed by atoms with Crippen LogP contribution in [0, 0.1) is 5.92 Å². The molecular formula is C46H53F3N8O8. The summed E-state index contributed by atoms with van der Waals surface area (Å²) in [7, 11) is 0. The average Bonchev–Trinajstić information content (AvgIpc) is 3.78. The minimum Gasteiger partial charge on any atom is -0.396 e. The van der Waals surface area contributed by atoms with Gasteiger partial charge in [-0.2, -0.15) is 13.2 Å².